The summed E-state index contributed by atoms with van der Waals surface area (Å²) in [6.45, 7) is 10.5. The lowest BCUT2D eigenvalue weighted by Gasteiger charge is -2.26. The molecule has 0 unspecified atom stereocenters. The second-order valence-corrected chi connectivity index (χ2v) is 6.19. The van der Waals surface area contributed by atoms with Gasteiger partial charge < -0.3 is 20.2 Å². The molecule has 0 aliphatic rings. The molecule has 0 aromatic carbocycles. The van der Waals surface area contributed by atoms with Gasteiger partial charge in [0.05, 0.1) is 6.10 Å². The molecule has 0 aliphatic heterocycles. The van der Waals surface area contributed by atoms with Crippen molar-refractivity contribution in [1.29, 1.82) is 0 Å². The number of nitrogens with one attached hydrogen (secondary N) is 2. The standard InChI is InChI=1S/C15H26N2O3/c1-10(18)7-15(4,5)9-17-14(19)16-8-13-6-11(2)20-12(13)3/h6,10,18H,7-9H2,1-5H3,(H2,16,17,19)/t10-/m0/s1. The number of furan rings is 1. The van der Waals surface area contributed by atoms with Crippen molar-refractivity contribution in [2.45, 2.75) is 53.7 Å². The lowest BCUT2D eigenvalue weighted by molar-refractivity contribution is 0.129. The molecule has 1 aromatic heterocycles. The van der Waals surface area contributed by atoms with Crippen molar-refractivity contribution in [3.05, 3.63) is 23.2 Å². The van der Waals surface area contributed by atoms with Crippen LogP contribution in [0.1, 0.15) is 44.3 Å². The third-order valence-electron chi connectivity index (χ3n) is 3.16. The zero-order chi connectivity index (χ0) is 15.3. The minimum Gasteiger partial charge on any atom is -0.466 e. The van der Waals surface area contributed by atoms with E-state index in [0.29, 0.717) is 19.5 Å². The minimum absolute atomic E-state index is 0.131. The Balaban J connectivity index is 2.35. The molecule has 0 saturated heterocycles. The van der Waals surface area contributed by atoms with Crippen LogP contribution in [0.25, 0.3) is 0 Å². The molecule has 3 N–H and O–H groups in total. The maximum absolute atomic E-state index is 11.8. The smallest absolute Gasteiger partial charge is 0.315 e. The number of aliphatic hydroxyl groups excluding tert-OH is 1. The average molecular weight is 282 g/mol. The Kier molecular flexibility index (Phi) is 5.62. The SMILES string of the molecule is Cc1cc(CNC(=O)NCC(C)(C)C[C@H](C)O)c(C)o1. The van der Waals surface area contributed by atoms with Gasteiger partial charge in [-0.15, -0.1) is 0 Å². The van der Waals surface area contributed by atoms with Gasteiger partial charge in [-0.05, 0) is 38.7 Å². The molecule has 1 heterocycles. The molecule has 0 radical (unpaired) electrons. The van der Waals surface area contributed by atoms with E-state index in [9.17, 15) is 9.90 Å². The first-order valence-electron chi connectivity index (χ1n) is 6.95. The zero-order valence-corrected chi connectivity index (χ0v) is 13.0. The van der Waals surface area contributed by atoms with Crippen molar-refractivity contribution < 1.29 is 14.3 Å². The molecule has 1 aromatic rings. The molecule has 114 valence electrons. The summed E-state index contributed by atoms with van der Waals surface area (Å²) in [6.07, 6.45) is 0.277. The molecule has 1 atom stereocenters. The molecule has 20 heavy (non-hydrogen) atoms. The van der Waals surface area contributed by atoms with E-state index < -0.39 is 0 Å². The summed E-state index contributed by atoms with van der Waals surface area (Å²) in [6, 6.07) is 1.72. The van der Waals surface area contributed by atoms with E-state index >= 15 is 0 Å². The summed E-state index contributed by atoms with van der Waals surface area (Å²) < 4.78 is 5.41. The molecule has 0 aliphatic carbocycles. The maximum Gasteiger partial charge on any atom is 0.315 e. The Morgan fingerprint density at radius 2 is 2.05 bits per heavy atom. The fourth-order valence-electron chi connectivity index (χ4n) is 2.29. The molecule has 0 spiro atoms. The predicted molar refractivity (Wildman–Crippen MR) is 78.5 cm³/mol. The predicted octanol–water partition coefficient (Wildman–Crippen LogP) is 2.49. The van der Waals surface area contributed by atoms with Gasteiger partial charge in [-0.25, -0.2) is 4.79 Å². The number of hydrogen-bond acceptors (Lipinski definition) is 3. The van der Waals surface area contributed by atoms with Crippen LogP contribution in [0.2, 0.25) is 0 Å². The first-order valence-corrected chi connectivity index (χ1v) is 6.95. The van der Waals surface area contributed by atoms with Crippen LogP contribution < -0.4 is 10.6 Å². The number of urea groups is 1. The number of aryl methyl sites for hydroxylation is 2. The fraction of sp³-hybridized carbons (Fsp3) is 0.667. The van der Waals surface area contributed by atoms with Crippen LogP contribution in [0, 0.1) is 19.3 Å². The summed E-state index contributed by atoms with van der Waals surface area (Å²) in [5.41, 5.74) is 0.856. The summed E-state index contributed by atoms with van der Waals surface area (Å²) in [5.74, 6) is 1.68. The van der Waals surface area contributed by atoms with Crippen molar-refractivity contribution in [2.75, 3.05) is 6.54 Å². The van der Waals surface area contributed by atoms with Crippen molar-refractivity contribution in [1.82, 2.24) is 10.6 Å². The second-order valence-electron chi connectivity index (χ2n) is 6.19. The Hall–Kier alpha value is -1.49. The topological polar surface area (TPSA) is 74.5 Å². The van der Waals surface area contributed by atoms with Gasteiger partial charge in [-0.3, -0.25) is 0 Å². The van der Waals surface area contributed by atoms with Crippen LogP contribution in [-0.4, -0.2) is 23.8 Å². The number of aliphatic hydroxyl groups is 1. The largest absolute Gasteiger partial charge is 0.466 e. The number of rotatable bonds is 6. The first kappa shape index (κ1) is 16.6. The highest BCUT2D eigenvalue weighted by molar-refractivity contribution is 5.73. The molecule has 0 fully saturated rings. The Morgan fingerprint density at radius 3 is 2.55 bits per heavy atom. The van der Waals surface area contributed by atoms with E-state index in [1.165, 1.54) is 0 Å². The number of carbonyl (C=O) groups is 1. The molecular weight excluding hydrogens is 256 g/mol. The molecule has 0 bridgehead atoms. The number of amides is 2. The van der Waals surface area contributed by atoms with E-state index in [1.807, 2.05) is 33.8 Å². The van der Waals surface area contributed by atoms with Gasteiger partial charge in [0, 0.05) is 18.7 Å². The molecule has 5 heteroatoms. The zero-order valence-electron chi connectivity index (χ0n) is 13.0. The van der Waals surface area contributed by atoms with Gasteiger partial charge in [0.15, 0.2) is 0 Å². The quantitative estimate of drug-likeness (QED) is 0.750. The lowest BCUT2D eigenvalue weighted by Crippen LogP contribution is -2.41. The fourth-order valence-corrected chi connectivity index (χ4v) is 2.29. The highest BCUT2D eigenvalue weighted by Gasteiger charge is 2.21. The van der Waals surface area contributed by atoms with Crippen molar-refractivity contribution in [2.24, 2.45) is 5.41 Å². The van der Waals surface area contributed by atoms with Crippen LogP contribution in [0.5, 0.6) is 0 Å². The molecule has 0 saturated carbocycles. The van der Waals surface area contributed by atoms with Gasteiger partial charge in [-0.2, -0.15) is 0 Å². The summed E-state index contributed by atoms with van der Waals surface area (Å²) >= 11 is 0. The maximum atomic E-state index is 11.8. The summed E-state index contributed by atoms with van der Waals surface area (Å²) in [4.78, 5) is 11.8. The number of hydrogen-bond donors (Lipinski definition) is 3. The highest BCUT2D eigenvalue weighted by atomic mass is 16.3. The van der Waals surface area contributed by atoms with Crippen LogP contribution >= 0.6 is 0 Å². The third kappa shape index (κ3) is 5.65. The second kappa shape index (κ2) is 6.79. The molecule has 1 rings (SSSR count). The first-order chi connectivity index (χ1) is 9.19. The molecular formula is C15H26N2O3. The van der Waals surface area contributed by atoms with Gasteiger partial charge in [0.25, 0.3) is 0 Å². The van der Waals surface area contributed by atoms with Crippen molar-refractivity contribution in [3.63, 3.8) is 0 Å². The van der Waals surface area contributed by atoms with E-state index in [0.717, 1.165) is 17.1 Å². The van der Waals surface area contributed by atoms with Gasteiger partial charge >= 0.3 is 6.03 Å². The Morgan fingerprint density at radius 1 is 1.40 bits per heavy atom. The Labute approximate surface area is 120 Å². The van der Waals surface area contributed by atoms with Gasteiger partial charge in [-0.1, -0.05) is 13.8 Å². The van der Waals surface area contributed by atoms with Crippen molar-refractivity contribution >= 4 is 6.03 Å². The van der Waals surface area contributed by atoms with Crippen LogP contribution in [-0.2, 0) is 6.54 Å². The molecule has 2 amide bonds. The normalized spacial score (nSPS) is 13.1. The Bertz CT molecular complexity index is 450. The van der Waals surface area contributed by atoms with Crippen LogP contribution in [0.3, 0.4) is 0 Å². The lowest BCUT2D eigenvalue weighted by atomic mass is 9.87. The van der Waals surface area contributed by atoms with E-state index in [2.05, 4.69) is 10.6 Å². The van der Waals surface area contributed by atoms with E-state index in [1.54, 1.807) is 6.92 Å². The summed E-state index contributed by atoms with van der Waals surface area (Å²) in [7, 11) is 0. The third-order valence-corrected chi connectivity index (χ3v) is 3.16. The van der Waals surface area contributed by atoms with Crippen molar-refractivity contribution in [3.8, 4) is 0 Å². The van der Waals surface area contributed by atoms with Gasteiger partial charge in [0.2, 0.25) is 0 Å². The van der Waals surface area contributed by atoms with Gasteiger partial charge in [0.1, 0.15) is 11.5 Å². The highest BCUT2D eigenvalue weighted by Crippen LogP contribution is 2.21. The van der Waals surface area contributed by atoms with Crippen LogP contribution in [0.15, 0.2) is 10.5 Å². The number of carbonyl (C=O) groups excluding carboxylic acids is 1. The molecule has 5 nitrogen and oxygen atoms in total. The van der Waals surface area contributed by atoms with Crippen LogP contribution in [0.4, 0.5) is 4.79 Å². The minimum atomic E-state index is -0.369. The summed E-state index contributed by atoms with van der Waals surface area (Å²) in [5, 5.41) is 15.0. The average Bonchev–Trinajstić information content (AvgIpc) is 2.61. The van der Waals surface area contributed by atoms with E-state index in [-0.39, 0.29) is 17.6 Å². The monoisotopic (exact) mass is 282 g/mol. The van der Waals surface area contributed by atoms with E-state index in [4.69, 9.17) is 4.42 Å².